The number of aromatic nitrogens is 4. The van der Waals surface area contributed by atoms with Gasteiger partial charge in [0.25, 0.3) is 0 Å². The van der Waals surface area contributed by atoms with Gasteiger partial charge in [0.15, 0.2) is 5.82 Å². The minimum absolute atomic E-state index is 0.576. The summed E-state index contributed by atoms with van der Waals surface area (Å²) in [5, 5.41) is 12.3. The van der Waals surface area contributed by atoms with Gasteiger partial charge in [-0.05, 0) is 35.4 Å². The van der Waals surface area contributed by atoms with Crippen molar-refractivity contribution >= 4 is 0 Å². The molecule has 2 aromatic carbocycles. The first-order valence-electron chi connectivity index (χ1n) is 7.36. The van der Waals surface area contributed by atoms with E-state index in [1.54, 1.807) is 4.80 Å². The lowest BCUT2D eigenvalue weighted by molar-refractivity contribution is 0.306. The Bertz CT molecular complexity index is 707. The summed E-state index contributed by atoms with van der Waals surface area (Å²) in [4.78, 5) is 1.59. The van der Waals surface area contributed by atoms with E-state index in [0.29, 0.717) is 13.0 Å². The number of nitrogens with zero attached hydrogens (tertiary/aromatic N) is 4. The molecule has 3 aromatic rings. The molecule has 1 aromatic heterocycles. The fourth-order valence-corrected chi connectivity index (χ4v) is 2.11. The molecule has 0 amide bonds. The molecule has 112 valence electrons. The predicted molar refractivity (Wildman–Crippen MR) is 83.5 cm³/mol. The monoisotopic (exact) mass is 294 g/mol. The highest BCUT2D eigenvalue weighted by Gasteiger charge is 2.04. The maximum absolute atomic E-state index is 5.77. The van der Waals surface area contributed by atoms with E-state index in [2.05, 4.69) is 27.5 Å². The van der Waals surface area contributed by atoms with Gasteiger partial charge in [0.2, 0.25) is 0 Å². The van der Waals surface area contributed by atoms with Gasteiger partial charge in [0.1, 0.15) is 12.4 Å². The quantitative estimate of drug-likeness (QED) is 0.701. The first kappa shape index (κ1) is 14.3. The van der Waals surface area contributed by atoms with E-state index in [9.17, 15) is 0 Å². The molecular weight excluding hydrogens is 276 g/mol. The van der Waals surface area contributed by atoms with Crippen LogP contribution in [0.1, 0.15) is 23.9 Å². The van der Waals surface area contributed by atoms with Crippen LogP contribution in [0.4, 0.5) is 0 Å². The summed E-state index contributed by atoms with van der Waals surface area (Å²) in [7, 11) is 0. The zero-order chi connectivity index (χ0) is 15.2. The van der Waals surface area contributed by atoms with Crippen LogP contribution in [0.2, 0.25) is 0 Å². The van der Waals surface area contributed by atoms with Crippen molar-refractivity contribution in [2.75, 3.05) is 0 Å². The van der Waals surface area contributed by atoms with E-state index >= 15 is 0 Å². The summed E-state index contributed by atoms with van der Waals surface area (Å²) in [6.45, 7) is 3.30. The summed E-state index contributed by atoms with van der Waals surface area (Å²) in [5.41, 5.74) is 2.30. The van der Waals surface area contributed by atoms with Gasteiger partial charge in [-0.3, -0.25) is 0 Å². The number of aryl methyl sites for hydroxylation is 1. The Morgan fingerprint density at radius 3 is 2.41 bits per heavy atom. The first-order chi connectivity index (χ1) is 10.8. The molecule has 0 fully saturated rings. The number of benzene rings is 2. The normalized spacial score (nSPS) is 10.6. The van der Waals surface area contributed by atoms with Crippen molar-refractivity contribution in [1.29, 1.82) is 0 Å². The Morgan fingerprint density at radius 1 is 0.955 bits per heavy atom. The van der Waals surface area contributed by atoms with Gasteiger partial charge in [0.05, 0.1) is 6.54 Å². The van der Waals surface area contributed by atoms with Gasteiger partial charge >= 0.3 is 0 Å². The fourth-order valence-electron chi connectivity index (χ4n) is 2.11. The van der Waals surface area contributed by atoms with E-state index < -0.39 is 0 Å². The molecule has 0 atom stereocenters. The number of ether oxygens (including phenoxy) is 1. The van der Waals surface area contributed by atoms with E-state index in [4.69, 9.17) is 4.74 Å². The zero-order valence-corrected chi connectivity index (χ0v) is 12.5. The highest BCUT2D eigenvalue weighted by atomic mass is 16.5. The third kappa shape index (κ3) is 3.69. The Labute approximate surface area is 129 Å². The Balaban J connectivity index is 1.58. The van der Waals surface area contributed by atoms with Gasteiger partial charge in [-0.25, -0.2) is 0 Å². The van der Waals surface area contributed by atoms with Crippen molar-refractivity contribution in [2.24, 2.45) is 0 Å². The molecule has 0 aliphatic carbocycles. The average Bonchev–Trinajstić information content (AvgIpc) is 3.03. The molecule has 0 saturated heterocycles. The van der Waals surface area contributed by atoms with Crippen molar-refractivity contribution in [3.8, 4) is 5.75 Å². The molecular formula is C17H18N4O. The highest BCUT2D eigenvalue weighted by molar-refractivity contribution is 5.29. The molecule has 0 N–H and O–H groups in total. The first-order valence-corrected chi connectivity index (χ1v) is 7.36. The Kier molecular flexibility index (Phi) is 4.44. The summed E-state index contributed by atoms with van der Waals surface area (Å²) in [5.74, 6) is 1.59. The molecule has 5 heteroatoms. The highest BCUT2D eigenvalue weighted by Crippen LogP contribution is 2.15. The molecule has 0 radical (unpaired) electrons. The standard InChI is InChI=1S/C17H18N4O/c1-2-21-19-17(18-20-21)12-14-8-10-16(11-9-14)22-13-15-6-4-3-5-7-15/h3-11H,2,12-13H2,1H3. The van der Waals surface area contributed by atoms with E-state index in [0.717, 1.165) is 29.2 Å². The van der Waals surface area contributed by atoms with Crippen LogP contribution in [0.25, 0.3) is 0 Å². The topological polar surface area (TPSA) is 52.8 Å². The van der Waals surface area contributed by atoms with Gasteiger partial charge in [-0.1, -0.05) is 42.5 Å². The maximum Gasteiger partial charge on any atom is 0.179 e. The zero-order valence-electron chi connectivity index (χ0n) is 12.5. The summed E-state index contributed by atoms with van der Waals surface area (Å²) in [6, 6.07) is 18.1. The Morgan fingerprint density at radius 2 is 1.73 bits per heavy atom. The van der Waals surface area contributed by atoms with E-state index in [-0.39, 0.29) is 0 Å². The smallest absolute Gasteiger partial charge is 0.179 e. The lowest BCUT2D eigenvalue weighted by Crippen LogP contribution is -1.99. The molecule has 0 aliphatic heterocycles. The Hall–Kier alpha value is -2.69. The molecule has 22 heavy (non-hydrogen) atoms. The summed E-state index contributed by atoms with van der Waals surface area (Å²) >= 11 is 0. The van der Waals surface area contributed by atoms with Crippen LogP contribution >= 0.6 is 0 Å². The van der Waals surface area contributed by atoms with Crippen molar-refractivity contribution in [3.05, 3.63) is 71.5 Å². The fraction of sp³-hybridized carbons (Fsp3) is 0.235. The van der Waals surface area contributed by atoms with Gasteiger partial charge in [-0.15, -0.1) is 10.2 Å². The van der Waals surface area contributed by atoms with Crippen LogP contribution in [0, 0.1) is 0 Å². The van der Waals surface area contributed by atoms with E-state index in [1.807, 2.05) is 49.4 Å². The minimum atomic E-state index is 0.576. The SMILES string of the molecule is CCn1nnc(Cc2ccc(OCc3ccccc3)cc2)n1. The molecule has 0 saturated carbocycles. The van der Waals surface area contributed by atoms with Crippen LogP contribution in [0.5, 0.6) is 5.75 Å². The third-order valence-electron chi connectivity index (χ3n) is 3.31. The third-order valence-corrected chi connectivity index (χ3v) is 3.31. The molecule has 1 heterocycles. The number of rotatable bonds is 6. The maximum atomic E-state index is 5.77. The van der Waals surface area contributed by atoms with Crippen LogP contribution in [0.15, 0.2) is 54.6 Å². The van der Waals surface area contributed by atoms with Crippen molar-refractivity contribution in [3.63, 3.8) is 0 Å². The number of hydrogen-bond acceptors (Lipinski definition) is 4. The summed E-state index contributed by atoms with van der Waals surface area (Å²) in [6.07, 6.45) is 0.680. The lowest BCUT2D eigenvalue weighted by atomic mass is 10.1. The molecule has 0 spiro atoms. The second kappa shape index (κ2) is 6.85. The summed E-state index contributed by atoms with van der Waals surface area (Å²) < 4.78 is 5.77. The lowest BCUT2D eigenvalue weighted by Gasteiger charge is -2.06. The van der Waals surface area contributed by atoms with Crippen LogP contribution < -0.4 is 4.74 Å². The second-order valence-corrected chi connectivity index (χ2v) is 4.99. The van der Waals surface area contributed by atoms with Gasteiger partial charge in [0, 0.05) is 6.42 Å². The molecule has 0 bridgehead atoms. The predicted octanol–water partition coefficient (Wildman–Crippen LogP) is 2.86. The van der Waals surface area contributed by atoms with E-state index in [1.165, 1.54) is 0 Å². The molecule has 3 rings (SSSR count). The van der Waals surface area contributed by atoms with Crippen molar-refractivity contribution in [1.82, 2.24) is 20.2 Å². The molecule has 0 aliphatic rings. The van der Waals surface area contributed by atoms with Crippen molar-refractivity contribution in [2.45, 2.75) is 26.5 Å². The number of tetrazole rings is 1. The van der Waals surface area contributed by atoms with Gasteiger partial charge in [-0.2, -0.15) is 4.80 Å². The molecule has 0 unspecified atom stereocenters. The minimum Gasteiger partial charge on any atom is -0.489 e. The second-order valence-electron chi connectivity index (χ2n) is 4.99. The van der Waals surface area contributed by atoms with Gasteiger partial charge < -0.3 is 4.74 Å². The van der Waals surface area contributed by atoms with Crippen molar-refractivity contribution < 1.29 is 4.74 Å². The largest absolute Gasteiger partial charge is 0.489 e. The molecule has 5 nitrogen and oxygen atoms in total. The average molecular weight is 294 g/mol. The van der Waals surface area contributed by atoms with Crippen LogP contribution in [0.3, 0.4) is 0 Å². The van der Waals surface area contributed by atoms with Crippen LogP contribution in [-0.4, -0.2) is 20.2 Å². The number of hydrogen-bond donors (Lipinski definition) is 0. The van der Waals surface area contributed by atoms with Crippen LogP contribution in [-0.2, 0) is 19.6 Å².